The van der Waals surface area contributed by atoms with Crippen LogP contribution in [0.3, 0.4) is 0 Å². The Morgan fingerprint density at radius 2 is 1.03 bits per heavy atom. The molecule has 2 aromatic carbocycles. The van der Waals surface area contributed by atoms with Gasteiger partial charge in [0.2, 0.25) is 0 Å². The molecule has 0 aromatic heterocycles. The van der Waals surface area contributed by atoms with Crippen molar-refractivity contribution in [1.82, 2.24) is 0 Å². The summed E-state index contributed by atoms with van der Waals surface area (Å²) in [5.41, 5.74) is 2.75. The van der Waals surface area contributed by atoms with E-state index >= 15 is 0 Å². The molecule has 2 heterocycles. The fourth-order valence-corrected chi connectivity index (χ4v) is 11.4. The minimum absolute atomic E-state index is 0.201. The molecule has 2 unspecified atom stereocenters. The second kappa shape index (κ2) is 7.79. The Labute approximate surface area is 185 Å². The number of rotatable bonds is 3. The summed E-state index contributed by atoms with van der Waals surface area (Å²) in [5.74, 6) is 2.81. The Morgan fingerprint density at radius 3 is 1.33 bits per heavy atom. The van der Waals surface area contributed by atoms with Crippen molar-refractivity contribution >= 4 is 26.5 Å². The van der Waals surface area contributed by atoms with Crippen molar-refractivity contribution in [1.29, 1.82) is 0 Å². The van der Waals surface area contributed by atoms with E-state index in [-0.39, 0.29) is 10.3 Å². The predicted octanol–water partition coefficient (Wildman–Crippen LogP) is 7.42. The van der Waals surface area contributed by atoms with Gasteiger partial charge in [-0.15, -0.1) is 0 Å². The van der Waals surface area contributed by atoms with Crippen LogP contribution in [0.2, 0.25) is 0 Å². The van der Waals surface area contributed by atoms with Crippen LogP contribution in [-0.2, 0) is 0 Å². The summed E-state index contributed by atoms with van der Waals surface area (Å²) in [6.07, 6.45) is 2.11. The molecular formula is C26H36O2P2. The third kappa shape index (κ3) is 3.59. The maximum Gasteiger partial charge on any atom is 0.128 e. The molecule has 2 nitrogen and oxygen atoms in total. The van der Waals surface area contributed by atoms with Gasteiger partial charge in [-0.1, -0.05) is 79.7 Å². The molecule has 0 N–H and O–H groups in total. The minimum Gasteiger partial charge on any atom is -0.485 e. The van der Waals surface area contributed by atoms with Gasteiger partial charge in [0.15, 0.2) is 0 Å². The fourth-order valence-electron chi connectivity index (χ4n) is 4.92. The molecule has 4 heteroatoms. The number of hydrogen-bond acceptors (Lipinski definition) is 2. The Balaban J connectivity index is 1.95. The first-order chi connectivity index (χ1) is 14.1. The van der Waals surface area contributed by atoms with Crippen LogP contribution in [0.1, 0.15) is 68.2 Å². The van der Waals surface area contributed by atoms with E-state index in [9.17, 15) is 0 Å². The average molecular weight is 443 g/mol. The zero-order valence-electron chi connectivity index (χ0n) is 19.7. The van der Waals surface area contributed by atoms with E-state index in [0.29, 0.717) is 11.7 Å². The van der Waals surface area contributed by atoms with Crippen molar-refractivity contribution in [2.75, 3.05) is 0 Å². The van der Waals surface area contributed by atoms with Gasteiger partial charge in [0, 0.05) is 10.6 Å². The number of benzene rings is 2. The summed E-state index contributed by atoms with van der Waals surface area (Å²) in [5, 5.41) is 3.33. The summed E-state index contributed by atoms with van der Waals surface area (Å²) >= 11 is 0. The summed E-state index contributed by atoms with van der Waals surface area (Å²) in [4.78, 5) is 0. The van der Waals surface area contributed by atoms with Crippen LogP contribution in [0.25, 0.3) is 11.1 Å². The predicted molar refractivity (Wildman–Crippen MR) is 134 cm³/mol. The van der Waals surface area contributed by atoms with Gasteiger partial charge in [-0.25, -0.2) is 0 Å². The first-order valence-corrected chi connectivity index (χ1v) is 14.1. The van der Waals surface area contributed by atoms with Crippen molar-refractivity contribution in [2.45, 2.75) is 90.2 Å². The van der Waals surface area contributed by atoms with Crippen LogP contribution in [-0.4, -0.2) is 22.0 Å². The van der Waals surface area contributed by atoms with E-state index in [1.54, 1.807) is 0 Å². The normalized spacial score (nSPS) is 25.5. The van der Waals surface area contributed by atoms with Gasteiger partial charge in [0.05, 0.1) is 0 Å². The lowest BCUT2D eigenvalue weighted by Crippen LogP contribution is -2.26. The summed E-state index contributed by atoms with van der Waals surface area (Å²) in [7, 11) is -0.859. The number of fused-ring (bicyclic) bond motifs is 2. The summed E-state index contributed by atoms with van der Waals surface area (Å²) in [6.45, 7) is 18.8. The lowest BCUT2D eigenvalue weighted by molar-refractivity contribution is 0.288. The Morgan fingerprint density at radius 1 is 0.667 bits per heavy atom. The Kier molecular flexibility index (Phi) is 5.74. The topological polar surface area (TPSA) is 18.5 Å². The molecule has 2 aliphatic rings. The van der Waals surface area contributed by atoms with Crippen molar-refractivity contribution in [2.24, 2.45) is 0 Å². The molecule has 30 heavy (non-hydrogen) atoms. The molecule has 0 amide bonds. The van der Waals surface area contributed by atoms with Crippen molar-refractivity contribution in [3.05, 3.63) is 36.4 Å². The zero-order valence-corrected chi connectivity index (χ0v) is 21.5. The molecule has 0 spiro atoms. The standard InChI is InChI=1S/C26H36O2P2/c1-9-21-27-19-15-11-13-17(23(19)29(21)25(3,4)5)18-14-12-16-20-24(18)30(26(6,7)8)22(10-2)28-20/h11-16,21-22H,9-10H2,1-8H3/t21?,22?,29-,30-/m0/s1. The molecule has 0 saturated heterocycles. The molecule has 2 aliphatic heterocycles. The van der Waals surface area contributed by atoms with E-state index in [2.05, 4.69) is 91.8 Å². The lowest BCUT2D eigenvalue weighted by Gasteiger charge is -2.34. The lowest BCUT2D eigenvalue weighted by atomic mass is 10.0. The van der Waals surface area contributed by atoms with Crippen LogP contribution in [0.5, 0.6) is 11.5 Å². The van der Waals surface area contributed by atoms with Gasteiger partial charge in [-0.2, -0.15) is 0 Å². The van der Waals surface area contributed by atoms with Crippen molar-refractivity contribution in [3.8, 4) is 22.6 Å². The molecule has 0 fully saturated rings. The number of hydrogen-bond donors (Lipinski definition) is 0. The Bertz CT molecular complexity index is 862. The summed E-state index contributed by atoms with van der Waals surface area (Å²) in [6, 6.07) is 13.4. The highest BCUT2D eigenvalue weighted by Gasteiger charge is 2.45. The van der Waals surface area contributed by atoms with Crippen LogP contribution in [0, 0.1) is 0 Å². The summed E-state index contributed by atoms with van der Waals surface area (Å²) < 4.78 is 13.0. The molecule has 0 saturated carbocycles. The zero-order chi connectivity index (χ0) is 21.8. The molecule has 0 radical (unpaired) electrons. The van der Waals surface area contributed by atoms with E-state index in [0.717, 1.165) is 24.3 Å². The van der Waals surface area contributed by atoms with Crippen LogP contribution in [0.15, 0.2) is 36.4 Å². The molecule has 162 valence electrons. The second-order valence-corrected chi connectivity index (χ2v) is 16.6. The SMILES string of the molecule is CCC1Oc2cccc(-c3cccc4c3[P@@](C(C)(C)C)C(CC)O4)c2[P@@]1C(C)(C)C. The average Bonchev–Trinajstić information content (AvgIpc) is 3.24. The van der Waals surface area contributed by atoms with Crippen molar-refractivity contribution in [3.63, 3.8) is 0 Å². The quantitative estimate of drug-likeness (QED) is 0.461. The Hall–Kier alpha value is -1.10. The molecule has 4 atom stereocenters. The third-order valence-electron chi connectivity index (χ3n) is 6.02. The van der Waals surface area contributed by atoms with Gasteiger partial charge in [-0.05, 0) is 62.3 Å². The first-order valence-electron chi connectivity index (χ1n) is 11.3. The molecule has 0 bridgehead atoms. The largest absolute Gasteiger partial charge is 0.485 e. The molecule has 0 aliphatic carbocycles. The van der Waals surface area contributed by atoms with Crippen molar-refractivity contribution < 1.29 is 9.47 Å². The van der Waals surface area contributed by atoms with Crippen LogP contribution < -0.4 is 20.1 Å². The molecular weight excluding hydrogens is 406 g/mol. The van der Waals surface area contributed by atoms with E-state index in [1.165, 1.54) is 21.7 Å². The highest BCUT2D eigenvalue weighted by Crippen LogP contribution is 2.63. The van der Waals surface area contributed by atoms with Crippen LogP contribution >= 0.6 is 15.8 Å². The van der Waals surface area contributed by atoms with Gasteiger partial charge in [0.1, 0.15) is 23.2 Å². The fraction of sp³-hybridized carbons (Fsp3) is 0.538. The van der Waals surface area contributed by atoms with Gasteiger partial charge < -0.3 is 9.47 Å². The van der Waals surface area contributed by atoms with Gasteiger partial charge >= 0.3 is 0 Å². The maximum absolute atomic E-state index is 6.52. The highest BCUT2D eigenvalue weighted by molar-refractivity contribution is 7.69. The van der Waals surface area contributed by atoms with Gasteiger partial charge in [-0.3, -0.25) is 0 Å². The van der Waals surface area contributed by atoms with Gasteiger partial charge in [0.25, 0.3) is 0 Å². The number of ether oxygens (including phenoxy) is 2. The van der Waals surface area contributed by atoms with Crippen LogP contribution in [0.4, 0.5) is 0 Å². The van der Waals surface area contributed by atoms with E-state index in [4.69, 9.17) is 9.47 Å². The minimum atomic E-state index is -0.429. The third-order valence-corrected chi connectivity index (χ3v) is 12.9. The maximum atomic E-state index is 6.52. The second-order valence-electron chi connectivity index (χ2n) is 10.3. The van der Waals surface area contributed by atoms with E-state index in [1.807, 2.05) is 0 Å². The smallest absolute Gasteiger partial charge is 0.128 e. The highest BCUT2D eigenvalue weighted by atomic mass is 31.1. The molecule has 4 rings (SSSR count). The monoisotopic (exact) mass is 442 g/mol. The molecule has 2 aromatic rings. The first kappa shape index (κ1) is 22.1. The van der Waals surface area contributed by atoms with E-state index < -0.39 is 15.8 Å².